The quantitative estimate of drug-likeness (QED) is 0.632. The Balaban J connectivity index is 2.53. The summed E-state index contributed by atoms with van der Waals surface area (Å²) in [4.78, 5) is 16.6. The van der Waals surface area contributed by atoms with Crippen LogP contribution in [0.2, 0.25) is 0 Å². The van der Waals surface area contributed by atoms with Crippen molar-refractivity contribution in [3.8, 4) is 0 Å². The molecule has 0 aliphatic carbocycles. The molecule has 2 atom stereocenters. The normalized spacial score (nSPS) is 26.5. The number of likely N-dealkylation sites (N-methyl/N-ethyl adjacent to an activating group) is 1. The Hall–Kier alpha value is -0.650. The minimum absolute atomic E-state index is 0.0315. The fraction of sp³-hybridized carbons (Fsp3) is 0.889. The molecule has 1 rings (SSSR count). The highest BCUT2D eigenvalue weighted by atomic mass is 16.7. The second kappa shape index (κ2) is 5.29. The van der Waals surface area contributed by atoms with Crippen LogP contribution >= 0.6 is 0 Å². The van der Waals surface area contributed by atoms with Gasteiger partial charge in [0.15, 0.2) is 0 Å². The highest BCUT2D eigenvalue weighted by molar-refractivity contribution is 5.78. The maximum atomic E-state index is 11.7. The zero-order valence-corrected chi connectivity index (χ0v) is 8.95. The molecule has 1 saturated heterocycles. The average Bonchev–Trinajstić information content (AvgIpc) is 2.64. The molecule has 82 valence electrons. The molecule has 14 heavy (non-hydrogen) atoms. The van der Waals surface area contributed by atoms with Crippen molar-refractivity contribution >= 4 is 5.91 Å². The number of carbonyl (C=O) groups is 1. The van der Waals surface area contributed by atoms with Gasteiger partial charge in [0.1, 0.15) is 0 Å². The summed E-state index contributed by atoms with van der Waals surface area (Å²) in [5.41, 5.74) is 0. The van der Waals surface area contributed by atoms with Crippen molar-refractivity contribution in [2.45, 2.75) is 13.0 Å². The van der Waals surface area contributed by atoms with Gasteiger partial charge in [0.2, 0.25) is 0 Å². The van der Waals surface area contributed by atoms with Gasteiger partial charge in [-0.2, -0.15) is 0 Å². The standard InChI is InChI=1S/C9H18N2O3/c1-4-10-8-6-14-5-7(8)9(12)11(2)13-3/h7-8,10H,4-6H2,1-3H3. The lowest BCUT2D eigenvalue weighted by Gasteiger charge is -2.22. The predicted octanol–water partition coefficient (Wildman–Crippen LogP) is -0.369. The van der Waals surface area contributed by atoms with E-state index in [-0.39, 0.29) is 17.9 Å². The first kappa shape index (κ1) is 11.4. The zero-order valence-electron chi connectivity index (χ0n) is 8.95. The van der Waals surface area contributed by atoms with E-state index in [0.29, 0.717) is 13.2 Å². The summed E-state index contributed by atoms with van der Waals surface area (Å²) in [6.45, 7) is 3.93. The van der Waals surface area contributed by atoms with Gasteiger partial charge >= 0.3 is 0 Å². The molecule has 0 saturated carbocycles. The lowest BCUT2D eigenvalue weighted by molar-refractivity contribution is -0.173. The van der Waals surface area contributed by atoms with Crippen LogP contribution in [0.1, 0.15) is 6.92 Å². The molecule has 0 aromatic rings. The van der Waals surface area contributed by atoms with Crippen LogP contribution in [0.5, 0.6) is 0 Å². The number of rotatable bonds is 4. The van der Waals surface area contributed by atoms with E-state index in [0.717, 1.165) is 6.54 Å². The Kier molecular flexibility index (Phi) is 4.31. The largest absolute Gasteiger partial charge is 0.379 e. The van der Waals surface area contributed by atoms with Gasteiger partial charge in [-0.3, -0.25) is 9.63 Å². The van der Waals surface area contributed by atoms with Gasteiger partial charge in [0.25, 0.3) is 5.91 Å². The molecule has 1 N–H and O–H groups in total. The molecule has 0 radical (unpaired) electrons. The summed E-state index contributed by atoms with van der Waals surface area (Å²) in [5.74, 6) is -0.157. The van der Waals surface area contributed by atoms with Gasteiger partial charge in [-0.25, -0.2) is 5.06 Å². The van der Waals surface area contributed by atoms with Crippen LogP contribution < -0.4 is 5.32 Å². The molecular formula is C9H18N2O3. The first-order valence-corrected chi connectivity index (χ1v) is 4.83. The van der Waals surface area contributed by atoms with Crippen molar-refractivity contribution in [1.82, 2.24) is 10.4 Å². The lowest BCUT2D eigenvalue weighted by Crippen LogP contribution is -2.44. The van der Waals surface area contributed by atoms with E-state index in [9.17, 15) is 4.79 Å². The Morgan fingerprint density at radius 1 is 1.64 bits per heavy atom. The Morgan fingerprint density at radius 3 is 2.93 bits per heavy atom. The van der Waals surface area contributed by atoms with Crippen LogP contribution in [0.3, 0.4) is 0 Å². The van der Waals surface area contributed by atoms with Gasteiger partial charge in [0, 0.05) is 13.1 Å². The highest BCUT2D eigenvalue weighted by Gasteiger charge is 2.35. The molecule has 0 spiro atoms. The Morgan fingerprint density at radius 2 is 2.36 bits per heavy atom. The van der Waals surface area contributed by atoms with Crippen LogP contribution in [-0.2, 0) is 14.4 Å². The molecule has 1 fully saturated rings. The van der Waals surface area contributed by atoms with Crippen molar-refractivity contribution in [3.63, 3.8) is 0 Å². The van der Waals surface area contributed by atoms with E-state index in [4.69, 9.17) is 9.57 Å². The van der Waals surface area contributed by atoms with Crippen LogP contribution in [0, 0.1) is 5.92 Å². The van der Waals surface area contributed by atoms with Gasteiger partial charge in [-0.15, -0.1) is 0 Å². The molecule has 0 aromatic heterocycles. The fourth-order valence-electron chi connectivity index (χ4n) is 1.58. The Labute approximate surface area is 84.3 Å². The first-order chi connectivity index (χ1) is 6.70. The van der Waals surface area contributed by atoms with E-state index >= 15 is 0 Å². The molecule has 2 unspecified atom stereocenters. The Bertz CT molecular complexity index is 198. The molecule has 5 nitrogen and oxygen atoms in total. The monoisotopic (exact) mass is 202 g/mol. The SMILES string of the molecule is CCNC1COCC1C(=O)N(C)OC. The second-order valence-corrected chi connectivity index (χ2v) is 3.33. The predicted molar refractivity (Wildman–Crippen MR) is 51.6 cm³/mol. The lowest BCUT2D eigenvalue weighted by atomic mass is 10.0. The van der Waals surface area contributed by atoms with Crippen LogP contribution in [0.25, 0.3) is 0 Å². The third-order valence-corrected chi connectivity index (χ3v) is 2.45. The van der Waals surface area contributed by atoms with Gasteiger partial charge in [-0.05, 0) is 6.54 Å². The van der Waals surface area contributed by atoms with Gasteiger partial charge in [-0.1, -0.05) is 6.92 Å². The number of hydrogen-bond donors (Lipinski definition) is 1. The number of ether oxygens (including phenoxy) is 1. The molecule has 1 aliphatic heterocycles. The molecule has 0 aromatic carbocycles. The summed E-state index contributed by atoms with van der Waals surface area (Å²) in [6.07, 6.45) is 0. The molecule has 1 heterocycles. The minimum atomic E-state index is -0.125. The topological polar surface area (TPSA) is 50.8 Å². The van der Waals surface area contributed by atoms with Crippen molar-refractivity contribution in [2.75, 3.05) is 33.9 Å². The third kappa shape index (κ3) is 2.43. The summed E-state index contributed by atoms with van der Waals surface area (Å²) >= 11 is 0. The molecule has 0 bridgehead atoms. The third-order valence-electron chi connectivity index (χ3n) is 2.45. The minimum Gasteiger partial charge on any atom is -0.379 e. The number of nitrogens with one attached hydrogen (secondary N) is 1. The number of amides is 1. The van der Waals surface area contributed by atoms with Crippen molar-refractivity contribution in [3.05, 3.63) is 0 Å². The summed E-state index contributed by atoms with van der Waals surface area (Å²) in [5, 5.41) is 4.48. The van der Waals surface area contributed by atoms with E-state index in [1.807, 2.05) is 6.92 Å². The molecule has 1 aliphatic rings. The van der Waals surface area contributed by atoms with Gasteiger partial charge in [0.05, 0.1) is 26.2 Å². The first-order valence-electron chi connectivity index (χ1n) is 4.83. The van der Waals surface area contributed by atoms with Crippen LogP contribution in [0.4, 0.5) is 0 Å². The van der Waals surface area contributed by atoms with Crippen molar-refractivity contribution in [2.24, 2.45) is 5.92 Å². The summed E-state index contributed by atoms with van der Waals surface area (Å²) in [7, 11) is 3.10. The van der Waals surface area contributed by atoms with Crippen molar-refractivity contribution in [1.29, 1.82) is 0 Å². The van der Waals surface area contributed by atoms with E-state index in [1.165, 1.54) is 12.2 Å². The maximum absolute atomic E-state index is 11.7. The average molecular weight is 202 g/mol. The van der Waals surface area contributed by atoms with Crippen LogP contribution in [-0.4, -0.2) is 50.9 Å². The van der Waals surface area contributed by atoms with E-state index < -0.39 is 0 Å². The molecule has 1 amide bonds. The van der Waals surface area contributed by atoms with E-state index in [2.05, 4.69) is 5.32 Å². The van der Waals surface area contributed by atoms with Gasteiger partial charge < -0.3 is 10.1 Å². The molecular weight excluding hydrogens is 184 g/mol. The fourth-order valence-corrected chi connectivity index (χ4v) is 1.58. The number of nitrogens with zero attached hydrogens (tertiary/aromatic N) is 1. The second-order valence-electron chi connectivity index (χ2n) is 3.33. The van der Waals surface area contributed by atoms with Crippen molar-refractivity contribution < 1.29 is 14.4 Å². The molecule has 5 heteroatoms. The zero-order chi connectivity index (χ0) is 10.6. The van der Waals surface area contributed by atoms with E-state index in [1.54, 1.807) is 7.05 Å². The number of hydroxylamine groups is 2. The number of carbonyl (C=O) groups excluding carboxylic acids is 1. The summed E-state index contributed by atoms with van der Waals surface area (Å²) in [6, 6.07) is 0.116. The maximum Gasteiger partial charge on any atom is 0.252 e. The summed E-state index contributed by atoms with van der Waals surface area (Å²) < 4.78 is 5.27. The number of hydrogen-bond acceptors (Lipinski definition) is 4. The van der Waals surface area contributed by atoms with Crippen LogP contribution in [0.15, 0.2) is 0 Å². The highest BCUT2D eigenvalue weighted by Crippen LogP contribution is 2.16. The smallest absolute Gasteiger partial charge is 0.252 e.